The van der Waals surface area contributed by atoms with Crippen LogP contribution < -0.4 is 5.32 Å². The number of nitrogens with one attached hydrogen (secondary N) is 1. The van der Waals surface area contributed by atoms with E-state index in [4.69, 9.17) is 0 Å². The molecule has 1 amide bonds. The van der Waals surface area contributed by atoms with Gasteiger partial charge in [-0.05, 0) is 55.3 Å². The van der Waals surface area contributed by atoms with Gasteiger partial charge in [0.05, 0.1) is 15.9 Å². The number of imidazole rings is 1. The van der Waals surface area contributed by atoms with E-state index >= 15 is 0 Å². The maximum absolute atomic E-state index is 12.8. The summed E-state index contributed by atoms with van der Waals surface area (Å²) in [5, 5.41) is 2.93. The number of aromatic nitrogens is 2. The molecule has 3 rings (SSSR count). The average molecular weight is 443 g/mol. The summed E-state index contributed by atoms with van der Waals surface area (Å²) < 4.78 is 28.9. The van der Waals surface area contributed by atoms with E-state index in [0.717, 1.165) is 22.6 Å². The molecule has 0 radical (unpaired) electrons. The zero-order valence-electron chi connectivity index (χ0n) is 18.8. The lowest BCUT2D eigenvalue weighted by Gasteiger charge is -2.18. The molecular formula is C23H30N4O3S. The molecule has 0 fully saturated rings. The number of hydrogen-bond donors (Lipinski definition) is 1. The van der Waals surface area contributed by atoms with Crippen LogP contribution in [0.25, 0.3) is 11.0 Å². The number of benzene rings is 2. The minimum absolute atomic E-state index is 0.0832. The predicted octanol–water partition coefficient (Wildman–Crippen LogP) is 3.79. The van der Waals surface area contributed by atoms with Crippen molar-refractivity contribution in [3.63, 3.8) is 0 Å². The van der Waals surface area contributed by atoms with Gasteiger partial charge in [-0.2, -0.15) is 4.31 Å². The van der Waals surface area contributed by atoms with Gasteiger partial charge in [-0.1, -0.05) is 19.9 Å². The smallest absolute Gasteiger partial charge is 0.243 e. The molecule has 1 heterocycles. The highest BCUT2D eigenvalue weighted by molar-refractivity contribution is 7.89. The van der Waals surface area contributed by atoms with Crippen molar-refractivity contribution >= 4 is 32.7 Å². The molecule has 3 aromatic rings. The van der Waals surface area contributed by atoms with Crippen LogP contribution in [0.15, 0.2) is 41.3 Å². The average Bonchev–Trinajstić information content (AvgIpc) is 3.05. The summed E-state index contributed by atoms with van der Waals surface area (Å²) >= 11 is 0. The summed E-state index contributed by atoms with van der Waals surface area (Å²) in [6.07, 6.45) is 0.745. The summed E-state index contributed by atoms with van der Waals surface area (Å²) in [5.41, 5.74) is 4.54. The molecule has 8 heteroatoms. The molecule has 0 saturated carbocycles. The Bertz CT molecular complexity index is 1210. The third-order valence-corrected chi connectivity index (χ3v) is 7.70. The number of anilines is 1. The molecule has 0 bridgehead atoms. The second-order valence-corrected chi connectivity index (χ2v) is 9.61. The fraction of sp³-hybridized carbons (Fsp3) is 0.391. The number of aryl methyl sites for hydroxylation is 4. The Labute approximate surface area is 184 Å². The van der Waals surface area contributed by atoms with Crippen LogP contribution in [0, 0.1) is 13.8 Å². The van der Waals surface area contributed by atoms with Crippen LogP contribution in [0.2, 0.25) is 0 Å². The Morgan fingerprint density at radius 2 is 1.77 bits per heavy atom. The Morgan fingerprint density at radius 3 is 2.42 bits per heavy atom. The standard InChI is InChI=1S/C23H30N4O3S/c1-6-27(7-2)31(29,30)19-10-11-21-20(15-19)25-22(26(21)5)12-13-23(28)24-18-9-8-16(3)17(4)14-18/h8-11,14-15H,6-7,12-13H2,1-5H3,(H,24,28). The first-order valence-corrected chi connectivity index (χ1v) is 11.9. The second kappa shape index (κ2) is 9.20. The highest BCUT2D eigenvalue weighted by Gasteiger charge is 2.22. The zero-order valence-corrected chi connectivity index (χ0v) is 19.6. The summed E-state index contributed by atoms with van der Waals surface area (Å²) in [6.45, 7) is 8.52. The molecule has 2 aromatic carbocycles. The van der Waals surface area contributed by atoms with Crippen molar-refractivity contribution < 1.29 is 13.2 Å². The van der Waals surface area contributed by atoms with E-state index in [9.17, 15) is 13.2 Å². The van der Waals surface area contributed by atoms with Gasteiger partial charge in [0.25, 0.3) is 0 Å². The molecule has 7 nitrogen and oxygen atoms in total. The maximum Gasteiger partial charge on any atom is 0.243 e. The SMILES string of the molecule is CCN(CC)S(=O)(=O)c1ccc2c(c1)nc(CCC(=O)Nc1ccc(C)c(C)c1)n2C. The van der Waals surface area contributed by atoms with Crippen LogP contribution in [0.3, 0.4) is 0 Å². The van der Waals surface area contributed by atoms with Gasteiger partial charge in [0.15, 0.2) is 0 Å². The maximum atomic E-state index is 12.8. The normalized spacial score (nSPS) is 11.9. The summed E-state index contributed by atoms with van der Waals surface area (Å²) in [6, 6.07) is 10.8. The van der Waals surface area contributed by atoms with Gasteiger partial charge in [0.2, 0.25) is 15.9 Å². The number of hydrogen-bond acceptors (Lipinski definition) is 4. The van der Waals surface area contributed by atoms with Gasteiger partial charge in [-0.3, -0.25) is 4.79 Å². The van der Waals surface area contributed by atoms with Gasteiger partial charge in [-0.25, -0.2) is 13.4 Å². The lowest BCUT2D eigenvalue weighted by Crippen LogP contribution is -2.30. The molecule has 0 aliphatic rings. The highest BCUT2D eigenvalue weighted by atomic mass is 32.2. The van der Waals surface area contributed by atoms with E-state index in [0.29, 0.717) is 25.0 Å². The van der Waals surface area contributed by atoms with Crippen molar-refractivity contribution in [1.29, 1.82) is 0 Å². The fourth-order valence-electron chi connectivity index (χ4n) is 3.59. The first-order valence-electron chi connectivity index (χ1n) is 10.5. The van der Waals surface area contributed by atoms with E-state index in [2.05, 4.69) is 10.3 Å². The number of sulfonamides is 1. The minimum Gasteiger partial charge on any atom is -0.331 e. The van der Waals surface area contributed by atoms with Crippen LogP contribution >= 0.6 is 0 Å². The molecule has 1 N–H and O–H groups in total. The van der Waals surface area contributed by atoms with E-state index in [-0.39, 0.29) is 17.2 Å². The Kier molecular flexibility index (Phi) is 6.81. The number of carbonyl (C=O) groups excluding carboxylic acids is 1. The third-order valence-electron chi connectivity index (χ3n) is 5.65. The van der Waals surface area contributed by atoms with Gasteiger partial charge in [0, 0.05) is 38.7 Å². The number of carbonyl (C=O) groups is 1. The number of nitrogens with zero attached hydrogens (tertiary/aromatic N) is 3. The topological polar surface area (TPSA) is 84.3 Å². The van der Waals surface area contributed by atoms with Crippen molar-refractivity contribution in [3.8, 4) is 0 Å². The van der Waals surface area contributed by atoms with Crippen molar-refractivity contribution in [2.45, 2.75) is 45.4 Å². The lowest BCUT2D eigenvalue weighted by atomic mass is 10.1. The highest BCUT2D eigenvalue weighted by Crippen LogP contribution is 2.23. The molecular weight excluding hydrogens is 412 g/mol. The molecule has 166 valence electrons. The molecule has 31 heavy (non-hydrogen) atoms. The van der Waals surface area contributed by atoms with Gasteiger partial charge in [0.1, 0.15) is 5.82 Å². The molecule has 0 aliphatic carbocycles. The largest absolute Gasteiger partial charge is 0.331 e. The second-order valence-electron chi connectivity index (χ2n) is 7.67. The van der Waals surface area contributed by atoms with Crippen molar-refractivity contribution in [2.24, 2.45) is 7.05 Å². The predicted molar refractivity (Wildman–Crippen MR) is 124 cm³/mol. The summed E-state index contributed by atoms with van der Waals surface area (Å²) in [4.78, 5) is 17.2. The molecule has 0 saturated heterocycles. The quantitative estimate of drug-likeness (QED) is 0.575. The van der Waals surface area contributed by atoms with Crippen molar-refractivity contribution in [1.82, 2.24) is 13.9 Å². The third kappa shape index (κ3) is 4.80. The van der Waals surface area contributed by atoms with E-state index in [1.807, 2.05) is 57.5 Å². The van der Waals surface area contributed by atoms with Crippen LogP contribution in [0.4, 0.5) is 5.69 Å². The molecule has 1 aromatic heterocycles. The van der Waals surface area contributed by atoms with Crippen LogP contribution in [0.1, 0.15) is 37.2 Å². The van der Waals surface area contributed by atoms with Crippen LogP contribution in [-0.2, 0) is 28.3 Å². The fourth-order valence-corrected chi connectivity index (χ4v) is 5.07. The summed E-state index contributed by atoms with van der Waals surface area (Å²) in [5.74, 6) is 0.655. The molecule has 0 unspecified atom stereocenters. The zero-order chi connectivity index (χ0) is 22.8. The Hall–Kier alpha value is -2.71. The van der Waals surface area contributed by atoms with Gasteiger partial charge < -0.3 is 9.88 Å². The molecule has 0 spiro atoms. The van der Waals surface area contributed by atoms with E-state index < -0.39 is 10.0 Å². The van der Waals surface area contributed by atoms with Crippen molar-refractivity contribution in [3.05, 3.63) is 53.3 Å². The number of fused-ring (bicyclic) bond motifs is 1. The van der Waals surface area contributed by atoms with Crippen molar-refractivity contribution in [2.75, 3.05) is 18.4 Å². The monoisotopic (exact) mass is 442 g/mol. The lowest BCUT2D eigenvalue weighted by molar-refractivity contribution is -0.116. The molecule has 0 aliphatic heterocycles. The first kappa shape index (κ1) is 23.0. The number of amides is 1. The van der Waals surface area contributed by atoms with Gasteiger partial charge in [-0.15, -0.1) is 0 Å². The van der Waals surface area contributed by atoms with E-state index in [1.165, 1.54) is 9.87 Å². The number of rotatable bonds is 8. The Balaban J connectivity index is 1.76. The van der Waals surface area contributed by atoms with E-state index in [1.54, 1.807) is 18.2 Å². The Morgan fingerprint density at radius 1 is 1.06 bits per heavy atom. The summed E-state index contributed by atoms with van der Waals surface area (Å²) in [7, 11) is -1.66. The van der Waals surface area contributed by atoms with Crippen LogP contribution in [0.5, 0.6) is 0 Å². The first-order chi connectivity index (χ1) is 14.7. The molecule has 0 atom stereocenters. The minimum atomic E-state index is -3.54. The van der Waals surface area contributed by atoms with Crippen LogP contribution in [-0.4, -0.2) is 41.3 Å². The van der Waals surface area contributed by atoms with Gasteiger partial charge >= 0.3 is 0 Å².